The summed E-state index contributed by atoms with van der Waals surface area (Å²) in [5.41, 5.74) is 2.32. The van der Waals surface area contributed by atoms with E-state index in [1.807, 2.05) is 31.2 Å². The lowest BCUT2D eigenvalue weighted by Gasteiger charge is -2.34. The molecule has 1 saturated heterocycles. The van der Waals surface area contributed by atoms with Gasteiger partial charge in [-0.15, -0.1) is 0 Å². The number of ether oxygens (including phenoxy) is 1. The molecule has 0 aromatic heterocycles. The van der Waals surface area contributed by atoms with Crippen LogP contribution in [-0.2, 0) is 4.74 Å². The third-order valence-electron chi connectivity index (χ3n) is 3.39. The summed E-state index contributed by atoms with van der Waals surface area (Å²) in [6.45, 7) is 6.86. The standard InChI is InChI=1S/C13H18N2O3/c1-9-5-7-10(8-6-9)14-15-11(16)18-12(2,3)13(15,4)17/h5-8,14,17H,1-4H3. The second-order valence-corrected chi connectivity index (χ2v) is 5.21. The average molecular weight is 250 g/mol. The lowest BCUT2D eigenvalue weighted by Crippen LogP contribution is -2.55. The first-order valence-corrected chi connectivity index (χ1v) is 5.83. The van der Waals surface area contributed by atoms with Crippen molar-refractivity contribution in [3.63, 3.8) is 0 Å². The molecule has 1 aromatic carbocycles. The van der Waals surface area contributed by atoms with E-state index in [2.05, 4.69) is 5.43 Å². The molecule has 1 aromatic rings. The molecule has 1 aliphatic rings. The van der Waals surface area contributed by atoms with Crippen LogP contribution in [-0.4, -0.2) is 27.5 Å². The number of hydrogen-bond donors (Lipinski definition) is 2. The number of cyclic esters (lactones) is 1. The van der Waals surface area contributed by atoms with Crippen molar-refractivity contribution in [1.29, 1.82) is 0 Å². The van der Waals surface area contributed by atoms with Gasteiger partial charge in [0.2, 0.25) is 0 Å². The highest BCUT2D eigenvalue weighted by Gasteiger charge is 2.57. The highest BCUT2D eigenvalue weighted by molar-refractivity contribution is 5.74. The van der Waals surface area contributed by atoms with Crippen molar-refractivity contribution in [2.24, 2.45) is 0 Å². The zero-order chi connectivity index (χ0) is 13.6. The van der Waals surface area contributed by atoms with Gasteiger partial charge in [0, 0.05) is 0 Å². The minimum absolute atomic E-state index is 0.592. The van der Waals surface area contributed by atoms with E-state index in [0.717, 1.165) is 16.3 Å². The maximum absolute atomic E-state index is 11.8. The number of aryl methyl sites for hydroxylation is 1. The molecule has 0 bridgehead atoms. The molecular weight excluding hydrogens is 232 g/mol. The molecule has 18 heavy (non-hydrogen) atoms. The van der Waals surface area contributed by atoms with Crippen molar-refractivity contribution in [3.05, 3.63) is 29.8 Å². The van der Waals surface area contributed by atoms with Crippen LogP contribution in [0.4, 0.5) is 10.5 Å². The summed E-state index contributed by atoms with van der Waals surface area (Å²) < 4.78 is 5.15. The summed E-state index contributed by atoms with van der Waals surface area (Å²) in [7, 11) is 0. The van der Waals surface area contributed by atoms with Gasteiger partial charge in [0.05, 0.1) is 5.69 Å². The zero-order valence-electron chi connectivity index (χ0n) is 11.0. The predicted molar refractivity (Wildman–Crippen MR) is 67.8 cm³/mol. The van der Waals surface area contributed by atoms with Crippen molar-refractivity contribution < 1.29 is 14.6 Å². The number of carbonyl (C=O) groups is 1. The maximum atomic E-state index is 11.8. The van der Waals surface area contributed by atoms with E-state index in [0.29, 0.717) is 0 Å². The normalized spacial score (nSPS) is 26.1. The molecular formula is C13H18N2O3. The first-order chi connectivity index (χ1) is 8.24. The summed E-state index contributed by atoms with van der Waals surface area (Å²) >= 11 is 0. The van der Waals surface area contributed by atoms with E-state index in [1.165, 1.54) is 0 Å². The minimum Gasteiger partial charge on any atom is -0.437 e. The molecule has 0 aliphatic carbocycles. The molecule has 1 unspecified atom stereocenters. The van der Waals surface area contributed by atoms with Crippen molar-refractivity contribution in [3.8, 4) is 0 Å². The molecule has 0 saturated carbocycles. The number of benzene rings is 1. The van der Waals surface area contributed by atoms with Crippen molar-refractivity contribution >= 4 is 11.8 Å². The molecule has 1 heterocycles. The largest absolute Gasteiger partial charge is 0.437 e. The van der Waals surface area contributed by atoms with Gasteiger partial charge in [-0.1, -0.05) is 17.7 Å². The molecule has 5 nitrogen and oxygen atoms in total. The number of anilines is 1. The molecule has 5 heteroatoms. The van der Waals surface area contributed by atoms with Gasteiger partial charge in [0.15, 0.2) is 11.3 Å². The van der Waals surface area contributed by atoms with Crippen LogP contribution >= 0.6 is 0 Å². The first kappa shape index (κ1) is 12.7. The Morgan fingerprint density at radius 1 is 1.22 bits per heavy atom. The van der Waals surface area contributed by atoms with Crippen LogP contribution < -0.4 is 5.43 Å². The third-order valence-corrected chi connectivity index (χ3v) is 3.39. The second-order valence-electron chi connectivity index (χ2n) is 5.21. The van der Waals surface area contributed by atoms with Crippen LogP contribution in [0.1, 0.15) is 26.3 Å². The van der Waals surface area contributed by atoms with Crippen LogP contribution in [0.2, 0.25) is 0 Å². The number of hydrazine groups is 1. The molecule has 98 valence electrons. The summed E-state index contributed by atoms with van der Waals surface area (Å²) in [6, 6.07) is 7.52. The molecule has 2 N–H and O–H groups in total. The van der Waals surface area contributed by atoms with E-state index in [1.54, 1.807) is 20.8 Å². The number of carbonyl (C=O) groups excluding carboxylic acids is 1. The van der Waals surface area contributed by atoms with E-state index in [9.17, 15) is 9.90 Å². The molecule has 1 aliphatic heterocycles. The highest BCUT2D eigenvalue weighted by atomic mass is 16.6. The summed E-state index contributed by atoms with van der Waals surface area (Å²) in [4.78, 5) is 11.8. The lowest BCUT2D eigenvalue weighted by atomic mass is 9.97. The maximum Gasteiger partial charge on any atom is 0.432 e. The van der Waals surface area contributed by atoms with E-state index < -0.39 is 17.4 Å². The molecule has 0 radical (unpaired) electrons. The molecule has 2 rings (SSSR count). The Kier molecular flexibility index (Phi) is 2.74. The van der Waals surface area contributed by atoms with Gasteiger partial charge < -0.3 is 9.84 Å². The Morgan fingerprint density at radius 2 is 1.78 bits per heavy atom. The van der Waals surface area contributed by atoms with Gasteiger partial charge in [0.1, 0.15) is 0 Å². The van der Waals surface area contributed by atoms with Crippen LogP contribution in [0.15, 0.2) is 24.3 Å². The third kappa shape index (κ3) is 1.90. The van der Waals surface area contributed by atoms with Gasteiger partial charge in [-0.3, -0.25) is 5.43 Å². The fourth-order valence-corrected chi connectivity index (χ4v) is 1.72. The number of hydrogen-bond acceptors (Lipinski definition) is 4. The summed E-state index contributed by atoms with van der Waals surface area (Å²) in [5, 5.41) is 11.5. The van der Waals surface area contributed by atoms with Crippen molar-refractivity contribution in [2.45, 2.75) is 39.0 Å². The second kappa shape index (κ2) is 3.88. The zero-order valence-corrected chi connectivity index (χ0v) is 11.0. The Morgan fingerprint density at radius 3 is 2.22 bits per heavy atom. The fourth-order valence-electron chi connectivity index (χ4n) is 1.72. The Hall–Kier alpha value is -1.75. The number of nitrogens with one attached hydrogen (secondary N) is 1. The monoisotopic (exact) mass is 250 g/mol. The van der Waals surface area contributed by atoms with E-state index in [4.69, 9.17) is 4.74 Å². The topological polar surface area (TPSA) is 61.8 Å². The highest BCUT2D eigenvalue weighted by Crippen LogP contribution is 2.36. The van der Waals surface area contributed by atoms with E-state index >= 15 is 0 Å². The van der Waals surface area contributed by atoms with Crippen LogP contribution in [0.25, 0.3) is 0 Å². The number of nitrogens with zero attached hydrogens (tertiary/aromatic N) is 1. The quantitative estimate of drug-likeness (QED) is 0.845. The lowest BCUT2D eigenvalue weighted by molar-refractivity contribution is -0.121. The number of aliphatic hydroxyl groups is 1. The Labute approximate surface area is 106 Å². The van der Waals surface area contributed by atoms with Crippen molar-refractivity contribution in [1.82, 2.24) is 5.01 Å². The van der Waals surface area contributed by atoms with Crippen LogP contribution in [0, 0.1) is 6.92 Å². The van der Waals surface area contributed by atoms with Gasteiger partial charge in [-0.05, 0) is 39.8 Å². The number of rotatable bonds is 2. The molecule has 1 atom stereocenters. The molecule has 1 fully saturated rings. The number of amides is 1. The average Bonchev–Trinajstić information content (AvgIpc) is 2.40. The Bertz CT molecular complexity index is 466. The summed E-state index contributed by atoms with van der Waals surface area (Å²) in [5.74, 6) is 0. The van der Waals surface area contributed by atoms with E-state index in [-0.39, 0.29) is 0 Å². The van der Waals surface area contributed by atoms with Gasteiger partial charge in [-0.25, -0.2) is 4.79 Å². The van der Waals surface area contributed by atoms with Crippen LogP contribution in [0.5, 0.6) is 0 Å². The SMILES string of the molecule is Cc1ccc(NN2C(=O)OC(C)(C)C2(C)O)cc1. The fraction of sp³-hybridized carbons (Fsp3) is 0.462. The molecule has 0 spiro atoms. The van der Waals surface area contributed by atoms with Gasteiger partial charge >= 0.3 is 6.09 Å². The first-order valence-electron chi connectivity index (χ1n) is 5.83. The molecule has 1 amide bonds. The van der Waals surface area contributed by atoms with Crippen LogP contribution in [0.3, 0.4) is 0 Å². The minimum atomic E-state index is -1.42. The van der Waals surface area contributed by atoms with Gasteiger partial charge in [0.25, 0.3) is 0 Å². The summed E-state index contributed by atoms with van der Waals surface area (Å²) in [6.07, 6.45) is -0.592. The smallest absolute Gasteiger partial charge is 0.432 e. The van der Waals surface area contributed by atoms with Crippen molar-refractivity contribution in [2.75, 3.05) is 5.43 Å². The predicted octanol–water partition coefficient (Wildman–Crippen LogP) is 2.26. The van der Waals surface area contributed by atoms with Gasteiger partial charge in [-0.2, -0.15) is 5.01 Å². The Balaban J connectivity index is 2.24.